The van der Waals surface area contributed by atoms with Crippen molar-refractivity contribution in [2.75, 3.05) is 0 Å². The summed E-state index contributed by atoms with van der Waals surface area (Å²) in [7, 11) is -0.339. The Bertz CT molecular complexity index is 5000. The summed E-state index contributed by atoms with van der Waals surface area (Å²) >= 11 is 7.04. The molecule has 6 heterocycles. The van der Waals surface area contributed by atoms with E-state index in [-0.39, 0.29) is 18.3 Å². The molecular formula is C84H71BBr2N12O2. The number of hydrogen-bond donors (Lipinski definition) is 0. The second kappa shape index (κ2) is 29.9. The van der Waals surface area contributed by atoms with Crippen molar-refractivity contribution in [1.29, 1.82) is 0 Å². The zero-order valence-corrected chi connectivity index (χ0v) is 60.9. The standard InChI is InChI=1S/C45H35N7.C21H13Br2N3.C18H23BN2O2/c1-28-24-29(2)47-41(46-28)35-20-16-32(17-21-35)37-12-8-14-39(26-37)44-50-43(34-10-6-5-7-11-34)51-45(52-44)40-15-9-13-38(27-40)33-18-22-36(23-19-33)42-48-30(3)25-31(4)49-42;22-17-10-4-8-15(12-17)20-24-19(14-6-2-1-3-7-14)25-21(26-20)16-9-5-11-18(23)13-16;1-12-11-13(2)21-16(20-12)14-7-9-15(10-8-14)19-22-17(3,4)18(5,6)23-19/h5-27H,1-4H3;1-13H;7-11H,1-6H3. The second-order valence-electron chi connectivity index (χ2n) is 25.8. The van der Waals surface area contributed by atoms with Crippen LogP contribution in [-0.2, 0) is 9.31 Å². The van der Waals surface area contributed by atoms with Crippen LogP contribution in [-0.4, -0.2) is 78.1 Å². The predicted molar refractivity (Wildman–Crippen MR) is 412 cm³/mol. The summed E-state index contributed by atoms with van der Waals surface area (Å²) < 4.78 is 14.1. The molecule has 9 aromatic carbocycles. The summed E-state index contributed by atoms with van der Waals surface area (Å²) in [6.07, 6.45) is 0. The van der Waals surface area contributed by atoms with Gasteiger partial charge in [0.2, 0.25) is 0 Å². The van der Waals surface area contributed by atoms with Gasteiger partial charge >= 0.3 is 7.12 Å². The third-order valence-electron chi connectivity index (χ3n) is 17.3. The highest BCUT2D eigenvalue weighted by atomic mass is 79.9. The molecule has 0 N–H and O–H groups in total. The van der Waals surface area contributed by atoms with E-state index in [1.807, 2.05) is 217 Å². The SMILES string of the molecule is Brc1cccc(-c2nc(-c3ccccc3)nc(-c3cccc(Br)c3)n2)c1.Cc1cc(C)nc(-c2ccc(-c3cccc(-c4nc(-c5ccccc5)nc(-c5cccc(-c6ccc(-c7nc(C)cc(C)n7)cc6)c5)n4)c3)cc2)n1.Cc1cc(C)nc(-c2ccc(B3OC(C)(C)C(C)(C)O3)cc2)n1. The van der Waals surface area contributed by atoms with Crippen LogP contribution in [0.5, 0.6) is 0 Å². The predicted octanol–water partition coefficient (Wildman–Crippen LogP) is 19.8. The Morgan fingerprint density at radius 1 is 0.228 bits per heavy atom. The minimum absolute atomic E-state index is 0.326. The lowest BCUT2D eigenvalue weighted by atomic mass is 9.79. The summed E-state index contributed by atoms with van der Waals surface area (Å²) in [5.41, 5.74) is 18.9. The Kier molecular flexibility index (Phi) is 20.4. The summed E-state index contributed by atoms with van der Waals surface area (Å²) in [5, 5.41) is 0. The van der Waals surface area contributed by atoms with E-state index in [4.69, 9.17) is 39.2 Å². The van der Waals surface area contributed by atoms with Crippen molar-refractivity contribution in [3.63, 3.8) is 0 Å². The van der Waals surface area contributed by atoms with Gasteiger partial charge in [0.1, 0.15) is 0 Å². The average molecular weight is 1450 g/mol. The molecule has 5 aromatic heterocycles. The number of nitrogens with zero attached hydrogens (tertiary/aromatic N) is 12. The van der Waals surface area contributed by atoms with Gasteiger partial charge in [-0.3, -0.25) is 0 Å². The van der Waals surface area contributed by atoms with Crippen molar-refractivity contribution in [2.24, 2.45) is 0 Å². The topological polar surface area (TPSA) is 173 Å². The molecule has 0 amide bonds. The van der Waals surface area contributed by atoms with Crippen molar-refractivity contribution in [2.45, 2.75) is 80.4 Å². The van der Waals surface area contributed by atoms with Gasteiger partial charge in [0.05, 0.1) is 11.2 Å². The van der Waals surface area contributed by atoms with Gasteiger partial charge in [0.15, 0.2) is 52.4 Å². The lowest BCUT2D eigenvalue weighted by molar-refractivity contribution is 0.00578. The zero-order valence-electron chi connectivity index (χ0n) is 57.7. The smallest absolute Gasteiger partial charge is 0.399 e. The van der Waals surface area contributed by atoms with Gasteiger partial charge in [-0.25, -0.2) is 59.8 Å². The van der Waals surface area contributed by atoms with Crippen molar-refractivity contribution < 1.29 is 9.31 Å². The van der Waals surface area contributed by atoms with E-state index in [1.165, 1.54) is 0 Å². The molecule has 0 saturated carbocycles. The Labute approximate surface area is 606 Å². The van der Waals surface area contributed by atoms with E-state index < -0.39 is 0 Å². The maximum absolute atomic E-state index is 6.08. The second-order valence-corrected chi connectivity index (χ2v) is 27.6. The van der Waals surface area contributed by atoms with E-state index in [0.717, 1.165) is 138 Å². The fraction of sp³-hybridized carbons (Fsp3) is 0.143. The molecule has 14 aromatic rings. The third-order valence-corrected chi connectivity index (χ3v) is 18.3. The highest BCUT2D eigenvalue weighted by molar-refractivity contribution is 9.10. The quantitative estimate of drug-likeness (QED) is 0.106. The monoisotopic (exact) mass is 1450 g/mol. The maximum atomic E-state index is 6.08. The molecule has 0 aliphatic carbocycles. The maximum Gasteiger partial charge on any atom is 0.494 e. The molecule has 0 unspecified atom stereocenters. The number of aryl methyl sites for hydroxylation is 6. The van der Waals surface area contributed by atoms with Gasteiger partial charge in [-0.1, -0.05) is 226 Å². The molecule has 1 aliphatic heterocycles. The van der Waals surface area contributed by atoms with Crippen LogP contribution in [0.4, 0.5) is 0 Å². The molecule has 1 aliphatic rings. The molecule has 0 atom stereocenters. The number of benzene rings is 9. The van der Waals surface area contributed by atoms with Gasteiger partial charge in [0, 0.05) is 93.2 Å². The number of halogens is 2. The molecule has 1 saturated heterocycles. The fourth-order valence-electron chi connectivity index (χ4n) is 11.6. The normalized spacial score (nSPS) is 12.8. The highest BCUT2D eigenvalue weighted by Gasteiger charge is 2.51. The van der Waals surface area contributed by atoms with Crippen molar-refractivity contribution in [3.05, 3.63) is 292 Å². The molecule has 15 rings (SSSR count). The molecule has 496 valence electrons. The third kappa shape index (κ3) is 16.6. The molecule has 0 bridgehead atoms. The number of hydrogen-bond acceptors (Lipinski definition) is 14. The zero-order chi connectivity index (χ0) is 70.4. The van der Waals surface area contributed by atoms with Gasteiger partial charge in [0.25, 0.3) is 0 Å². The number of rotatable bonds is 12. The molecular weight excluding hydrogens is 1380 g/mol. The van der Waals surface area contributed by atoms with Crippen LogP contribution in [0.25, 0.3) is 125 Å². The molecule has 14 nitrogen and oxygen atoms in total. The van der Waals surface area contributed by atoms with Gasteiger partial charge in [-0.05, 0) is 152 Å². The lowest BCUT2D eigenvalue weighted by Gasteiger charge is -2.32. The summed E-state index contributed by atoms with van der Waals surface area (Å²) in [4.78, 5) is 56.7. The number of aromatic nitrogens is 12. The van der Waals surface area contributed by atoms with Crippen molar-refractivity contribution in [1.82, 2.24) is 59.8 Å². The van der Waals surface area contributed by atoms with Crippen LogP contribution in [0.2, 0.25) is 0 Å². The summed E-state index contributed by atoms with van der Waals surface area (Å²) in [6.45, 7) is 20.2. The molecule has 0 radical (unpaired) electrons. The first-order valence-corrected chi connectivity index (χ1v) is 34.8. The van der Waals surface area contributed by atoms with Crippen LogP contribution in [0.1, 0.15) is 61.9 Å². The van der Waals surface area contributed by atoms with Crippen LogP contribution in [0.15, 0.2) is 258 Å². The minimum atomic E-state index is -0.339. The van der Waals surface area contributed by atoms with E-state index in [9.17, 15) is 0 Å². The first kappa shape index (κ1) is 68.7. The first-order chi connectivity index (χ1) is 48.7. The Hall–Kier alpha value is -10.8. The molecule has 0 spiro atoms. The Morgan fingerprint density at radius 3 is 0.762 bits per heavy atom. The van der Waals surface area contributed by atoms with Gasteiger partial charge in [-0.2, -0.15) is 0 Å². The van der Waals surface area contributed by atoms with Gasteiger partial charge < -0.3 is 9.31 Å². The van der Waals surface area contributed by atoms with E-state index in [2.05, 4.69) is 162 Å². The van der Waals surface area contributed by atoms with Crippen molar-refractivity contribution >= 4 is 44.4 Å². The summed E-state index contributed by atoms with van der Waals surface area (Å²) in [6, 6.07) is 83.4. The molecule has 17 heteroatoms. The van der Waals surface area contributed by atoms with Crippen LogP contribution < -0.4 is 5.46 Å². The van der Waals surface area contributed by atoms with Crippen molar-refractivity contribution in [3.8, 4) is 125 Å². The first-order valence-electron chi connectivity index (χ1n) is 33.2. The van der Waals surface area contributed by atoms with E-state index in [0.29, 0.717) is 34.9 Å². The van der Waals surface area contributed by atoms with Crippen LogP contribution >= 0.6 is 31.9 Å². The lowest BCUT2D eigenvalue weighted by Crippen LogP contribution is -2.41. The highest BCUT2D eigenvalue weighted by Crippen LogP contribution is 2.38. The Morgan fingerprint density at radius 2 is 0.455 bits per heavy atom. The minimum Gasteiger partial charge on any atom is -0.399 e. The molecule has 1 fully saturated rings. The van der Waals surface area contributed by atoms with Crippen LogP contribution in [0, 0.1) is 41.5 Å². The van der Waals surface area contributed by atoms with Gasteiger partial charge in [-0.15, -0.1) is 0 Å². The average Bonchev–Trinajstić information content (AvgIpc) is 1.62. The fourth-order valence-corrected chi connectivity index (χ4v) is 12.4. The van der Waals surface area contributed by atoms with E-state index >= 15 is 0 Å². The Balaban J connectivity index is 0.000000154. The molecule has 101 heavy (non-hydrogen) atoms. The van der Waals surface area contributed by atoms with Crippen LogP contribution in [0.3, 0.4) is 0 Å². The summed E-state index contributed by atoms with van der Waals surface area (Å²) in [5.74, 6) is 6.00. The largest absolute Gasteiger partial charge is 0.494 e. The van der Waals surface area contributed by atoms with E-state index in [1.54, 1.807) is 0 Å².